The average molecular weight is 243 g/mol. The van der Waals surface area contributed by atoms with Gasteiger partial charge in [-0.3, -0.25) is 0 Å². The first kappa shape index (κ1) is 11.1. The van der Waals surface area contributed by atoms with Gasteiger partial charge in [0.2, 0.25) is 0 Å². The van der Waals surface area contributed by atoms with Gasteiger partial charge in [-0.1, -0.05) is 6.42 Å². The number of urea groups is 1. The molecule has 2 amide bonds. The largest absolute Gasteiger partial charge is 0.361 e. The monoisotopic (exact) mass is 243 g/mol. The minimum absolute atomic E-state index is 0.114. The number of anilines is 1. The maximum Gasteiger partial charge on any atom is 0.319 e. The molecule has 3 rings (SSSR count). The first-order valence-corrected chi connectivity index (χ1v) is 6.43. The Morgan fingerprint density at radius 2 is 2.22 bits per heavy atom. The summed E-state index contributed by atoms with van der Waals surface area (Å²) in [5, 5.41) is 6.88. The summed E-state index contributed by atoms with van der Waals surface area (Å²) in [4.78, 5) is 14.8. The van der Waals surface area contributed by atoms with Gasteiger partial charge in [-0.15, -0.1) is 0 Å². The molecule has 0 aliphatic heterocycles. The number of amides is 2. The zero-order chi connectivity index (χ0) is 12.4. The first-order valence-electron chi connectivity index (χ1n) is 6.43. The van der Waals surface area contributed by atoms with E-state index in [1.807, 2.05) is 30.5 Å². The molecule has 1 aliphatic rings. The van der Waals surface area contributed by atoms with Gasteiger partial charge in [0.25, 0.3) is 0 Å². The van der Waals surface area contributed by atoms with Crippen molar-refractivity contribution in [2.45, 2.75) is 19.3 Å². The van der Waals surface area contributed by atoms with Crippen LogP contribution in [-0.2, 0) is 0 Å². The zero-order valence-electron chi connectivity index (χ0n) is 10.2. The van der Waals surface area contributed by atoms with Gasteiger partial charge in [0.15, 0.2) is 0 Å². The van der Waals surface area contributed by atoms with Crippen molar-refractivity contribution in [1.29, 1.82) is 0 Å². The highest BCUT2D eigenvalue weighted by Crippen LogP contribution is 2.25. The van der Waals surface area contributed by atoms with E-state index in [2.05, 4.69) is 15.6 Å². The second-order valence-electron chi connectivity index (χ2n) is 4.91. The Morgan fingerprint density at radius 3 is 3.00 bits per heavy atom. The van der Waals surface area contributed by atoms with Crippen LogP contribution in [-0.4, -0.2) is 17.6 Å². The standard InChI is InChI=1S/C14H17N3O/c18-14(16-9-10-2-1-3-10)17-12-4-5-13-11(8-12)6-7-15-13/h4-8,10,15H,1-3,9H2,(H2,16,17,18). The molecule has 4 heteroatoms. The van der Waals surface area contributed by atoms with E-state index >= 15 is 0 Å². The van der Waals surface area contributed by atoms with E-state index in [4.69, 9.17) is 0 Å². The lowest BCUT2D eigenvalue weighted by molar-refractivity contribution is 0.243. The maximum atomic E-state index is 11.7. The molecule has 0 atom stereocenters. The van der Waals surface area contributed by atoms with Crippen LogP contribution in [0.1, 0.15) is 19.3 Å². The fourth-order valence-corrected chi connectivity index (χ4v) is 2.24. The van der Waals surface area contributed by atoms with Crippen LogP contribution in [0.4, 0.5) is 10.5 Å². The molecule has 1 fully saturated rings. The predicted octanol–water partition coefficient (Wildman–Crippen LogP) is 3.09. The molecule has 0 spiro atoms. The number of carbonyl (C=O) groups is 1. The van der Waals surface area contributed by atoms with Crippen molar-refractivity contribution in [3.63, 3.8) is 0 Å². The summed E-state index contributed by atoms with van der Waals surface area (Å²) in [5.74, 6) is 0.683. The molecule has 4 nitrogen and oxygen atoms in total. The molecule has 1 heterocycles. The lowest BCUT2D eigenvalue weighted by Crippen LogP contribution is -2.35. The lowest BCUT2D eigenvalue weighted by atomic mass is 9.85. The normalized spacial score (nSPS) is 15.3. The Morgan fingerprint density at radius 1 is 1.33 bits per heavy atom. The number of aromatic nitrogens is 1. The fraction of sp³-hybridized carbons (Fsp3) is 0.357. The zero-order valence-corrected chi connectivity index (χ0v) is 10.2. The molecule has 94 valence electrons. The molecule has 1 aliphatic carbocycles. The van der Waals surface area contributed by atoms with Crippen LogP contribution in [0.3, 0.4) is 0 Å². The Bertz CT molecular complexity index is 557. The van der Waals surface area contributed by atoms with E-state index in [9.17, 15) is 4.79 Å². The minimum Gasteiger partial charge on any atom is -0.361 e. The van der Waals surface area contributed by atoms with Gasteiger partial charge in [-0.25, -0.2) is 4.79 Å². The summed E-state index contributed by atoms with van der Waals surface area (Å²) in [6, 6.07) is 7.72. The van der Waals surface area contributed by atoms with Gasteiger partial charge in [-0.2, -0.15) is 0 Å². The maximum absolute atomic E-state index is 11.7. The van der Waals surface area contributed by atoms with Crippen LogP contribution in [0.5, 0.6) is 0 Å². The van der Waals surface area contributed by atoms with Gasteiger partial charge in [0.05, 0.1) is 0 Å². The summed E-state index contributed by atoms with van der Waals surface area (Å²) in [6.07, 6.45) is 5.69. The van der Waals surface area contributed by atoms with Crippen LogP contribution >= 0.6 is 0 Å². The van der Waals surface area contributed by atoms with Crippen molar-refractivity contribution in [2.24, 2.45) is 5.92 Å². The summed E-state index contributed by atoms with van der Waals surface area (Å²) < 4.78 is 0. The van der Waals surface area contributed by atoms with Crippen molar-refractivity contribution < 1.29 is 4.79 Å². The Kier molecular flexibility index (Phi) is 2.92. The number of H-pyrrole nitrogens is 1. The van der Waals surface area contributed by atoms with Crippen LogP contribution in [0.15, 0.2) is 30.5 Å². The van der Waals surface area contributed by atoms with Gasteiger partial charge in [-0.05, 0) is 43.0 Å². The quantitative estimate of drug-likeness (QED) is 0.762. The van der Waals surface area contributed by atoms with Gasteiger partial charge in [0, 0.05) is 29.3 Å². The third kappa shape index (κ3) is 2.32. The summed E-state index contributed by atoms with van der Waals surface area (Å²) >= 11 is 0. The Balaban J connectivity index is 1.58. The van der Waals surface area contributed by atoms with E-state index < -0.39 is 0 Å². The number of hydrogen-bond donors (Lipinski definition) is 3. The molecule has 1 aromatic carbocycles. The topological polar surface area (TPSA) is 56.9 Å². The Labute approximate surface area is 106 Å². The van der Waals surface area contributed by atoms with Crippen LogP contribution in [0, 0.1) is 5.92 Å². The smallest absolute Gasteiger partial charge is 0.319 e. The second-order valence-corrected chi connectivity index (χ2v) is 4.91. The van der Waals surface area contributed by atoms with Crippen LogP contribution in [0.2, 0.25) is 0 Å². The number of nitrogens with one attached hydrogen (secondary N) is 3. The third-order valence-electron chi connectivity index (χ3n) is 3.59. The van der Waals surface area contributed by atoms with Crippen LogP contribution < -0.4 is 10.6 Å². The van der Waals surface area contributed by atoms with Gasteiger partial charge >= 0.3 is 6.03 Å². The van der Waals surface area contributed by atoms with Crippen LogP contribution in [0.25, 0.3) is 10.9 Å². The van der Waals surface area contributed by atoms with Crippen molar-refractivity contribution in [3.8, 4) is 0 Å². The molecular formula is C14H17N3O. The lowest BCUT2D eigenvalue weighted by Gasteiger charge is -2.25. The molecule has 1 saturated carbocycles. The van der Waals surface area contributed by atoms with Gasteiger partial charge in [0.1, 0.15) is 0 Å². The number of fused-ring (bicyclic) bond motifs is 1. The third-order valence-corrected chi connectivity index (χ3v) is 3.59. The highest BCUT2D eigenvalue weighted by Gasteiger charge is 2.17. The second kappa shape index (κ2) is 4.72. The fourth-order valence-electron chi connectivity index (χ4n) is 2.24. The molecule has 3 N–H and O–H groups in total. The van der Waals surface area contributed by atoms with Gasteiger partial charge < -0.3 is 15.6 Å². The van der Waals surface area contributed by atoms with E-state index in [1.165, 1.54) is 19.3 Å². The molecular weight excluding hydrogens is 226 g/mol. The average Bonchev–Trinajstić information content (AvgIpc) is 2.74. The first-order chi connectivity index (χ1) is 8.81. The summed E-state index contributed by atoms with van der Waals surface area (Å²) in [5.41, 5.74) is 1.91. The molecule has 2 aromatic rings. The number of rotatable bonds is 3. The molecule has 1 aromatic heterocycles. The number of aromatic amines is 1. The van der Waals surface area contributed by atoms with E-state index in [0.29, 0.717) is 5.92 Å². The highest BCUT2D eigenvalue weighted by atomic mass is 16.2. The molecule has 0 bridgehead atoms. The van der Waals surface area contributed by atoms with E-state index in [1.54, 1.807) is 0 Å². The Hall–Kier alpha value is -1.97. The molecule has 0 saturated heterocycles. The molecule has 0 radical (unpaired) electrons. The SMILES string of the molecule is O=C(NCC1CCC1)Nc1ccc2[nH]ccc2c1. The van der Waals surface area contributed by atoms with Crippen molar-refractivity contribution in [3.05, 3.63) is 30.5 Å². The van der Waals surface area contributed by atoms with Crippen molar-refractivity contribution in [1.82, 2.24) is 10.3 Å². The number of hydrogen-bond acceptors (Lipinski definition) is 1. The minimum atomic E-state index is -0.114. The molecule has 0 unspecified atom stereocenters. The predicted molar refractivity (Wildman–Crippen MR) is 72.7 cm³/mol. The van der Waals surface area contributed by atoms with E-state index in [0.717, 1.165) is 23.1 Å². The molecule has 18 heavy (non-hydrogen) atoms. The number of benzene rings is 1. The summed E-state index contributed by atoms with van der Waals surface area (Å²) in [7, 11) is 0. The van der Waals surface area contributed by atoms with Crippen molar-refractivity contribution >= 4 is 22.6 Å². The van der Waals surface area contributed by atoms with E-state index in [-0.39, 0.29) is 6.03 Å². The highest BCUT2D eigenvalue weighted by molar-refractivity contribution is 5.92. The van der Waals surface area contributed by atoms with Crippen molar-refractivity contribution in [2.75, 3.05) is 11.9 Å². The number of carbonyl (C=O) groups excluding carboxylic acids is 1. The summed E-state index contributed by atoms with van der Waals surface area (Å²) in [6.45, 7) is 0.790.